The molecule has 1 aliphatic rings. The number of aliphatic hydroxyl groups is 2. The van der Waals surface area contributed by atoms with Crippen molar-refractivity contribution < 1.29 is 29.3 Å². The zero-order valence-electron chi connectivity index (χ0n) is 11.9. The number of rotatable bonds is 4. The summed E-state index contributed by atoms with van der Waals surface area (Å²) in [7, 11) is 0. The average molecular weight is 379 g/mol. The molecule has 0 aromatic carbocycles. The Morgan fingerprint density at radius 1 is 1.46 bits per heavy atom. The Morgan fingerprint density at radius 2 is 2.17 bits per heavy atom. The first kappa shape index (κ1) is 17.4. The minimum atomic E-state index is -3.93. The molecule has 14 heteroatoms. The predicted molar refractivity (Wildman–Crippen MR) is 83.2 cm³/mol. The van der Waals surface area contributed by atoms with E-state index in [0.717, 1.165) is 0 Å². The molecule has 0 saturated carbocycles. The van der Waals surface area contributed by atoms with Crippen molar-refractivity contribution in [1.29, 1.82) is 0 Å². The van der Waals surface area contributed by atoms with Gasteiger partial charge in [-0.25, -0.2) is 4.98 Å². The number of H-pyrrole nitrogens is 1. The van der Waals surface area contributed by atoms with Crippen LogP contribution in [0, 0.1) is 0 Å². The molecule has 1 aliphatic heterocycles. The van der Waals surface area contributed by atoms with Crippen LogP contribution in [0.3, 0.4) is 0 Å². The summed E-state index contributed by atoms with van der Waals surface area (Å²) >= 11 is 4.31. The summed E-state index contributed by atoms with van der Waals surface area (Å²) in [6.45, 7) is -4.37. The summed E-state index contributed by atoms with van der Waals surface area (Å²) < 4.78 is 11.4. The minimum absolute atomic E-state index is 0.0181. The fourth-order valence-corrected chi connectivity index (χ4v) is 2.92. The topological polar surface area (TPSA) is 189 Å². The van der Waals surface area contributed by atoms with Gasteiger partial charge in [0.2, 0.25) is 5.95 Å². The molecule has 24 heavy (non-hydrogen) atoms. The normalized spacial score (nSPS) is 27.8. The molecule has 2 aromatic heterocycles. The largest absolute Gasteiger partial charge is 0.387 e. The Morgan fingerprint density at radius 3 is 2.83 bits per heavy atom. The minimum Gasteiger partial charge on any atom is -0.387 e. The predicted octanol–water partition coefficient (Wildman–Crippen LogP) is -2.45. The molecule has 12 nitrogen and oxygen atoms in total. The second kappa shape index (κ2) is 6.13. The Hall–Kier alpha value is -1.44. The Balaban J connectivity index is 1.90. The molecule has 0 spiro atoms. The number of anilines is 1. The van der Waals surface area contributed by atoms with Crippen molar-refractivity contribution in [2.75, 3.05) is 12.3 Å². The molecule has 1 unspecified atom stereocenters. The quantitative estimate of drug-likeness (QED) is 0.309. The van der Waals surface area contributed by atoms with Crippen LogP contribution in [-0.2, 0) is 21.1 Å². The number of fused-ring (bicyclic) bond motifs is 1. The maximum Gasteiger partial charge on any atom is 0.321 e. The third-order valence-corrected chi connectivity index (χ3v) is 4.27. The average Bonchev–Trinajstić information content (AvgIpc) is 3.00. The third kappa shape index (κ3) is 3.20. The van der Waals surface area contributed by atoms with Gasteiger partial charge in [-0.15, -0.1) is 0 Å². The molecule has 0 radical (unpaired) electrons. The Kier molecular flexibility index (Phi) is 4.44. The van der Waals surface area contributed by atoms with E-state index in [1.165, 1.54) is 10.9 Å². The lowest BCUT2D eigenvalue weighted by atomic mass is 10.1. The van der Waals surface area contributed by atoms with Crippen molar-refractivity contribution in [2.45, 2.75) is 24.5 Å². The lowest BCUT2D eigenvalue weighted by Crippen LogP contribution is -2.33. The molecule has 4 atom stereocenters. The third-order valence-electron chi connectivity index (χ3n) is 3.47. The van der Waals surface area contributed by atoms with Crippen molar-refractivity contribution in [1.82, 2.24) is 19.5 Å². The number of imidazole rings is 1. The number of ether oxygens (including phenoxy) is 1. The van der Waals surface area contributed by atoms with Crippen LogP contribution in [0.2, 0.25) is 0 Å². The van der Waals surface area contributed by atoms with Gasteiger partial charge >= 0.3 is 6.72 Å². The van der Waals surface area contributed by atoms with Crippen LogP contribution >= 0.6 is 6.72 Å². The molecule has 0 bridgehead atoms. The Bertz CT molecular complexity index is 865. The lowest BCUT2D eigenvalue weighted by Gasteiger charge is -2.17. The van der Waals surface area contributed by atoms with E-state index in [0.29, 0.717) is 0 Å². The smallest absolute Gasteiger partial charge is 0.321 e. The number of nitrogen functional groups attached to an aromatic ring is 1. The summed E-state index contributed by atoms with van der Waals surface area (Å²) in [5, 5.41) is 20.2. The molecule has 2 aromatic rings. The molecule has 132 valence electrons. The van der Waals surface area contributed by atoms with E-state index < -0.39 is 43.4 Å². The van der Waals surface area contributed by atoms with Gasteiger partial charge in [-0.2, -0.15) is 4.98 Å². The number of aromatic nitrogens is 4. The lowest BCUT2D eigenvalue weighted by molar-refractivity contribution is -0.0486. The molecule has 0 aliphatic carbocycles. The maximum atomic E-state index is 11.8. The zero-order chi connectivity index (χ0) is 17.6. The van der Waals surface area contributed by atoms with Gasteiger partial charge in [0.05, 0.1) is 12.9 Å². The Labute approximate surface area is 138 Å². The molecule has 1 saturated heterocycles. The zero-order valence-corrected chi connectivity index (χ0v) is 13.6. The second-order valence-corrected chi connectivity index (χ2v) is 7.77. The number of hydrogen-bond acceptors (Lipinski definition) is 9. The SMILES string of the molecule is Nc1nc2c(ncn2[C@@H]2O[C@H](COP(O)(O)=S)[C@H](O)C2O)c(=O)[nH]1. The van der Waals surface area contributed by atoms with Crippen molar-refractivity contribution in [2.24, 2.45) is 0 Å². The summed E-state index contributed by atoms with van der Waals surface area (Å²) in [6, 6.07) is 0. The van der Waals surface area contributed by atoms with E-state index in [4.69, 9.17) is 20.3 Å². The molecule has 3 rings (SSSR count). The van der Waals surface area contributed by atoms with E-state index in [9.17, 15) is 15.0 Å². The first-order chi connectivity index (χ1) is 11.2. The molecular formula is C10H14N5O7PS. The van der Waals surface area contributed by atoms with Crippen molar-refractivity contribution in [3.63, 3.8) is 0 Å². The molecule has 3 heterocycles. The van der Waals surface area contributed by atoms with Crippen LogP contribution in [0.1, 0.15) is 6.23 Å². The summed E-state index contributed by atoms with van der Waals surface area (Å²) in [5.74, 6) is -0.150. The van der Waals surface area contributed by atoms with Gasteiger partial charge in [-0.05, 0) is 11.8 Å². The standard InChI is InChI=1S/C10H14N5O7PS/c11-10-13-7-4(8(18)14-10)12-2-15(7)9-6(17)5(16)3(22-9)1-21-23(19,20)24/h2-3,5-6,9,16-17H,1H2,(H2,19,20,24)(H3,11,13,14,18)/t3-,5+,6?,9-/m1/s1. The summed E-state index contributed by atoms with van der Waals surface area (Å²) in [5.41, 5.74) is 4.97. The highest BCUT2D eigenvalue weighted by Crippen LogP contribution is 2.39. The van der Waals surface area contributed by atoms with E-state index in [2.05, 4.69) is 31.3 Å². The number of nitrogens with one attached hydrogen (secondary N) is 1. The van der Waals surface area contributed by atoms with Gasteiger partial charge in [0.1, 0.15) is 18.3 Å². The number of nitrogens with two attached hydrogens (primary N) is 1. The highest BCUT2D eigenvalue weighted by Gasteiger charge is 2.45. The van der Waals surface area contributed by atoms with Gasteiger partial charge < -0.3 is 35.0 Å². The van der Waals surface area contributed by atoms with Gasteiger partial charge in [0.15, 0.2) is 17.4 Å². The first-order valence-electron chi connectivity index (χ1n) is 6.61. The first-order valence-corrected chi connectivity index (χ1v) is 9.24. The van der Waals surface area contributed by atoms with Crippen LogP contribution in [0.15, 0.2) is 11.1 Å². The van der Waals surface area contributed by atoms with E-state index in [1.807, 2.05) is 0 Å². The molecular weight excluding hydrogens is 365 g/mol. The van der Waals surface area contributed by atoms with E-state index in [-0.39, 0.29) is 17.1 Å². The highest BCUT2D eigenvalue weighted by atomic mass is 32.5. The van der Waals surface area contributed by atoms with Gasteiger partial charge in [-0.3, -0.25) is 14.3 Å². The summed E-state index contributed by atoms with van der Waals surface area (Å²) in [6.07, 6.45) is -3.81. The van der Waals surface area contributed by atoms with Gasteiger partial charge in [0.25, 0.3) is 5.56 Å². The molecule has 0 amide bonds. The van der Waals surface area contributed by atoms with Crippen LogP contribution in [-0.4, -0.2) is 64.4 Å². The number of aliphatic hydroxyl groups excluding tert-OH is 2. The summed E-state index contributed by atoms with van der Waals surface area (Å²) in [4.78, 5) is 40.0. The fourth-order valence-electron chi connectivity index (χ4n) is 2.40. The molecule has 1 fully saturated rings. The van der Waals surface area contributed by atoms with Crippen LogP contribution in [0.4, 0.5) is 5.95 Å². The van der Waals surface area contributed by atoms with Crippen LogP contribution in [0.5, 0.6) is 0 Å². The maximum absolute atomic E-state index is 11.8. The van der Waals surface area contributed by atoms with Crippen molar-refractivity contribution in [3.05, 3.63) is 16.7 Å². The van der Waals surface area contributed by atoms with Gasteiger partial charge in [-0.1, -0.05) is 0 Å². The number of hydrogen-bond donors (Lipinski definition) is 6. The number of nitrogens with zero attached hydrogens (tertiary/aromatic N) is 3. The molecule has 7 N–H and O–H groups in total. The fraction of sp³-hybridized carbons (Fsp3) is 0.500. The van der Waals surface area contributed by atoms with E-state index >= 15 is 0 Å². The number of aromatic amines is 1. The second-order valence-electron chi connectivity index (χ2n) is 5.11. The van der Waals surface area contributed by atoms with Crippen molar-refractivity contribution in [3.8, 4) is 0 Å². The van der Waals surface area contributed by atoms with Crippen LogP contribution < -0.4 is 11.3 Å². The van der Waals surface area contributed by atoms with E-state index in [1.54, 1.807) is 0 Å². The monoisotopic (exact) mass is 379 g/mol. The van der Waals surface area contributed by atoms with Crippen LogP contribution in [0.25, 0.3) is 11.2 Å². The highest BCUT2D eigenvalue weighted by molar-refractivity contribution is 8.06. The van der Waals surface area contributed by atoms with Gasteiger partial charge in [0, 0.05) is 0 Å². The van der Waals surface area contributed by atoms with Crippen molar-refractivity contribution >= 4 is 35.6 Å².